The molecule has 1 N–H and O–H groups in total. The number of carbonyl (C=O) groups excluding carboxylic acids is 1. The Morgan fingerprint density at radius 3 is 2.53 bits per heavy atom. The Bertz CT molecular complexity index is 1270. The Hall–Kier alpha value is -3.35. The van der Waals surface area contributed by atoms with E-state index in [2.05, 4.69) is 4.98 Å². The predicted molar refractivity (Wildman–Crippen MR) is 134 cm³/mol. The minimum atomic E-state index is -1.32. The van der Waals surface area contributed by atoms with Crippen molar-refractivity contribution in [2.45, 2.75) is 25.0 Å². The number of aliphatic hydroxyl groups is 1. The Morgan fingerprint density at radius 2 is 1.85 bits per heavy atom. The molecule has 0 fully saturated rings. The predicted octanol–water partition coefficient (Wildman–Crippen LogP) is 4.85. The first kappa shape index (κ1) is 23.8. The van der Waals surface area contributed by atoms with E-state index in [1.54, 1.807) is 66.6 Å². The van der Waals surface area contributed by atoms with Gasteiger partial charge in [0.2, 0.25) is 5.91 Å². The normalized spacial score (nSPS) is 13.9. The number of rotatable bonds is 8. The van der Waals surface area contributed by atoms with Crippen molar-refractivity contribution < 1.29 is 14.6 Å². The van der Waals surface area contributed by atoms with E-state index in [1.165, 1.54) is 0 Å². The molecule has 2 unspecified atom stereocenters. The molecule has 0 saturated heterocycles. The lowest BCUT2D eigenvalue weighted by atomic mass is 9.91. The van der Waals surface area contributed by atoms with Crippen LogP contribution in [-0.4, -0.2) is 46.2 Å². The van der Waals surface area contributed by atoms with Crippen LogP contribution in [0.4, 0.5) is 0 Å². The first-order chi connectivity index (χ1) is 16.3. The van der Waals surface area contributed by atoms with Crippen molar-refractivity contribution in [1.82, 2.24) is 14.5 Å². The van der Waals surface area contributed by atoms with Crippen LogP contribution in [0.15, 0.2) is 79.4 Å². The summed E-state index contributed by atoms with van der Waals surface area (Å²) in [5.41, 5.74) is 0.270. The fraction of sp³-hybridized carbons (Fsp3) is 0.259. The van der Waals surface area contributed by atoms with E-state index in [0.29, 0.717) is 10.6 Å². The van der Waals surface area contributed by atoms with Gasteiger partial charge in [-0.05, 0) is 53.1 Å². The first-order valence-corrected chi connectivity index (χ1v) is 11.4. The van der Waals surface area contributed by atoms with Gasteiger partial charge < -0.3 is 19.3 Å². The second-order valence-electron chi connectivity index (χ2n) is 8.66. The van der Waals surface area contributed by atoms with E-state index < -0.39 is 5.60 Å². The topological polar surface area (TPSA) is 67.6 Å². The molecule has 0 bridgehead atoms. The van der Waals surface area contributed by atoms with Gasteiger partial charge in [-0.3, -0.25) is 4.79 Å². The maximum atomic E-state index is 13.4. The van der Waals surface area contributed by atoms with Crippen LogP contribution in [0.5, 0.6) is 5.75 Å². The summed E-state index contributed by atoms with van der Waals surface area (Å²) >= 11 is 6.06. The van der Waals surface area contributed by atoms with Crippen LogP contribution in [0.3, 0.4) is 0 Å². The third kappa shape index (κ3) is 5.08. The lowest BCUT2D eigenvalue weighted by Gasteiger charge is -2.34. The maximum absolute atomic E-state index is 13.4. The van der Waals surface area contributed by atoms with Crippen molar-refractivity contribution in [2.75, 3.05) is 20.7 Å². The van der Waals surface area contributed by atoms with Crippen LogP contribution in [-0.2, 0) is 16.9 Å². The number of fused-ring (bicyclic) bond motifs is 1. The molecule has 0 aliphatic rings. The molecule has 4 rings (SSSR count). The van der Waals surface area contributed by atoms with Gasteiger partial charge in [0.15, 0.2) is 0 Å². The summed E-state index contributed by atoms with van der Waals surface area (Å²) in [6.45, 7) is 2.25. The highest BCUT2D eigenvalue weighted by Gasteiger charge is 2.34. The summed E-state index contributed by atoms with van der Waals surface area (Å²) < 4.78 is 7.10. The number of aromatic nitrogens is 2. The molecule has 0 radical (unpaired) electrons. The van der Waals surface area contributed by atoms with Gasteiger partial charge in [0, 0.05) is 24.5 Å². The number of amides is 1. The molecule has 7 heteroatoms. The zero-order chi connectivity index (χ0) is 24.3. The van der Waals surface area contributed by atoms with Gasteiger partial charge >= 0.3 is 0 Å². The molecule has 3 aromatic carbocycles. The van der Waals surface area contributed by atoms with Gasteiger partial charge in [0.05, 0.1) is 32.4 Å². The van der Waals surface area contributed by atoms with Gasteiger partial charge in [0.25, 0.3) is 0 Å². The highest BCUT2D eigenvalue weighted by Crippen LogP contribution is 2.29. The summed E-state index contributed by atoms with van der Waals surface area (Å²) in [6, 6.07) is 18.9. The quantitative estimate of drug-likeness (QED) is 0.394. The van der Waals surface area contributed by atoms with E-state index in [-0.39, 0.29) is 24.9 Å². The Labute approximate surface area is 204 Å². The van der Waals surface area contributed by atoms with Crippen LogP contribution in [0.25, 0.3) is 10.8 Å². The van der Waals surface area contributed by atoms with E-state index in [4.69, 9.17) is 16.3 Å². The van der Waals surface area contributed by atoms with Gasteiger partial charge in [-0.15, -0.1) is 0 Å². The number of nitrogens with zero attached hydrogens (tertiary/aromatic N) is 3. The molecule has 4 aromatic rings. The molecule has 0 aliphatic heterocycles. The highest BCUT2D eigenvalue weighted by molar-refractivity contribution is 6.30. The molecule has 6 nitrogen and oxygen atoms in total. The first-order valence-electron chi connectivity index (χ1n) is 11.1. The van der Waals surface area contributed by atoms with Crippen LogP contribution in [0.1, 0.15) is 24.0 Å². The Morgan fingerprint density at radius 1 is 1.15 bits per heavy atom. The Balaban J connectivity index is 1.57. The van der Waals surface area contributed by atoms with Gasteiger partial charge in [-0.1, -0.05) is 48.0 Å². The molecule has 0 saturated carbocycles. The van der Waals surface area contributed by atoms with E-state index in [1.807, 2.05) is 43.3 Å². The molecule has 1 aromatic heterocycles. The smallest absolute Gasteiger partial charge is 0.229 e. The van der Waals surface area contributed by atoms with E-state index in [9.17, 15) is 9.90 Å². The summed E-state index contributed by atoms with van der Waals surface area (Å²) in [5, 5.41) is 14.4. The highest BCUT2D eigenvalue weighted by atomic mass is 35.5. The maximum Gasteiger partial charge on any atom is 0.229 e. The number of imidazole rings is 1. The lowest BCUT2D eigenvalue weighted by molar-refractivity contribution is -0.135. The number of ether oxygens (including phenoxy) is 1. The number of benzene rings is 3. The number of hydrogen-bond acceptors (Lipinski definition) is 4. The Kier molecular flexibility index (Phi) is 6.91. The second kappa shape index (κ2) is 9.87. The third-order valence-corrected chi connectivity index (χ3v) is 6.45. The summed E-state index contributed by atoms with van der Waals surface area (Å²) in [7, 11) is 3.36. The minimum Gasteiger partial charge on any atom is -0.497 e. The van der Waals surface area contributed by atoms with Crippen molar-refractivity contribution in [2.24, 2.45) is 0 Å². The van der Waals surface area contributed by atoms with Gasteiger partial charge in [0.1, 0.15) is 11.4 Å². The van der Waals surface area contributed by atoms with Crippen molar-refractivity contribution in [3.8, 4) is 5.75 Å². The number of hydrogen-bond donors (Lipinski definition) is 1. The van der Waals surface area contributed by atoms with Crippen LogP contribution in [0.2, 0.25) is 5.02 Å². The second-order valence-corrected chi connectivity index (χ2v) is 9.10. The van der Waals surface area contributed by atoms with Crippen LogP contribution >= 0.6 is 11.6 Å². The zero-order valence-electron chi connectivity index (χ0n) is 19.5. The molecule has 2 atom stereocenters. The standard InChI is InChI=1S/C27H28ClN3O3/c1-19(20-4-5-22-15-25(34-3)11-6-21(22)14-20)26(32)30(2)16-27(33,17-31-13-12-29-18-31)23-7-9-24(28)10-8-23/h4-15,18-19,33H,16-17H2,1-3H3. The van der Waals surface area contributed by atoms with Crippen molar-refractivity contribution >= 4 is 28.3 Å². The van der Waals surface area contributed by atoms with E-state index >= 15 is 0 Å². The van der Waals surface area contributed by atoms with Crippen molar-refractivity contribution in [1.29, 1.82) is 0 Å². The number of likely N-dealkylation sites (N-methyl/N-ethyl adjacent to an activating group) is 1. The zero-order valence-corrected chi connectivity index (χ0v) is 20.2. The molecular weight excluding hydrogens is 450 g/mol. The molecule has 176 valence electrons. The molecule has 0 spiro atoms. The number of carbonyl (C=O) groups is 1. The SMILES string of the molecule is COc1ccc2cc(C(C)C(=O)N(C)CC(O)(Cn3ccnc3)c3ccc(Cl)cc3)ccc2c1. The molecular formula is C27H28ClN3O3. The average molecular weight is 478 g/mol. The minimum absolute atomic E-state index is 0.0779. The molecule has 1 heterocycles. The number of methoxy groups -OCH3 is 1. The van der Waals surface area contributed by atoms with Crippen molar-refractivity contribution in [3.05, 3.63) is 95.5 Å². The van der Waals surface area contributed by atoms with Gasteiger partial charge in [-0.2, -0.15) is 0 Å². The van der Waals surface area contributed by atoms with Crippen molar-refractivity contribution in [3.63, 3.8) is 0 Å². The summed E-state index contributed by atoms with van der Waals surface area (Å²) in [6.07, 6.45) is 5.10. The molecule has 34 heavy (non-hydrogen) atoms. The fourth-order valence-corrected chi connectivity index (χ4v) is 4.38. The fourth-order valence-electron chi connectivity index (χ4n) is 4.26. The largest absolute Gasteiger partial charge is 0.497 e. The average Bonchev–Trinajstić information content (AvgIpc) is 3.35. The lowest BCUT2D eigenvalue weighted by Crippen LogP contribution is -2.45. The number of halogens is 1. The van der Waals surface area contributed by atoms with Crippen LogP contribution < -0.4 is 4.74 Å². The monoisotopic (exact) mass is 477 g/mol. The third-order valence-electron chi connectivity index (χ3n) is 6.20. The van der Waals surface area contributed by atoms with E-state index in [0.717, 1.165) is 22.1 Å². The molecule has 0 aliphatic carbocycles. The summed E-state index contributed by atoms with van der Waals surface area (Å²) in [5.74, 6) is 0.341. The summed E-state index contributed by atoms with van der Waals surface area (Å²) in [4.78, 5) is 19.1. The molecule has 1 amide bonds. The van der Waals surface area contributed by atoms with Gasteiger partial charge in [-0.25, -0.2) is 4.98 Å². The van der Waals surface area contributed by atoms with Crippen LogP contribution in [0, 0.1) is 0 Å².